The highest BCUT2D eigenvalue weighted by atomic mass is 32.2. The van der Waals surface area contributed by atoms with Crippen molar-refractivity contribution in [1.29, 1.82) is 0 Å². The minimum absolute atomic E-state index is 0.0207. The molecule has 0 radical (unpaired) electrons. The van der Waals surface area contributed by atoms with Gasteiger partial charge in [0.15, 0.2) is 0 Å². The van der Waals surface area contributed by atoms with Gasteiger partial charge in [-0.1, -0.05) is 0 Å². The third-order valence-corrected chi connectivity index (χ3v) is 2.98. The van der Waals surface area contributed by atoms with E-state index in [1.54, 1.807) is 25.6 Å². The van der Waals surface area contributed by atoms with Crippen LogP contribution in [0.1, 0.15) is 27.2 Å². The van der Waals surface area contributed by atoms with E-state index in [2.05, 4.69) is 5.32 Å². The second kappa shape index (κ2) is 7.92. The standard InChI is InChI=1S/C11H23NO3S/c1-5-15-10(13)6-9(2)12-7-11(3,14)8-16-4/h9,12,14H,5-8H2,1-4H3. The smallest absolute Gasteiger partial charge is 0.307 e. The maximum atomic E-state index is 11.2. The molecule has 0 heterocycles. The maximum absolute atomic E-state index is 11.2. The molecule has 0 saturated carbocycles. The number of thioether (sulfide) groups is 1. The zero-order valence-corrected chi connectivity index (χ0v) is 11.4. The van der Waals surface area contributed by atoms with Crippen LogP contribution in [0.5, 0.6) is 0 Å². The van der Waals surface area contributed by atoms with Crippen LogP contribution in [-0.4, -0.2) is 47.9 Å². The van der Waals surface area contributed by atoms with Gasteiger partial charge < -0.3 is 15.2 Å². The molecule has 2 atom stereocenters. The van der Waals surface area contributed by atoms with E-state index >= 15 is 0 Å². The van der Waals surface area contributed by atoms with Crippen molar-refractivity contribution in [2.24, 2.45) is 0 Å². The normalized spacial score (nSPS) is 16.6. The Kier molecular flexibility index (Phi) is 7.80. The predicted molar refractivity (Wildman–Crippen MR) is 67.7 cm³/mol. The lowest BCUT2D eigenvalue weighted by molar-refractivity contribution is -0.143. The molecule has 0 aromatic carbocycles. The van der Waals surface area contributed by atoms with Crippen LogP contribution in [-0.2, 0) is 9.53 Å². The van der Waals surface area contributed by atoms with Gasteiger partial charge in [0, 0.05) is 18.3 Å². The maximum Gasteiger partial charge on any atom is 0.307 e. The number of hydrogen-bond donors (Lipinski definition) is 2. The van der Waals surface area contributed by atoms with Crippen molar-refractivity contribution in [2.45, 2.75) is 38.8 Å². The Morgan fingerprint density at radius 3 is 2.75 bits per heavy atom. The monoisotopic (exact) mass is 249 g/mol. The van der Waals surface area contributed by atoms with Gasteiger partial charge in [-0.3, -0.25) is 4.79 Å². The zero-order valence-electron chi connectivity index (χ0n) is 10.6. The summed E-state index contributed by atoms with van der Waals surface area (Å²) >= 11 is 1.60. The Balaban J connectivity index is 3.79. The zero-order chi connectivity index (χ0) is 12.6. The molecule has 0 aromatic rings. The summed E-state index contributed by atoms with van der Waals surface area (Å²) in [6.45, 7) is 6.38. The third-order valence-electron chi connectivity index (χ3n) is 2.06. The summed E-state index contributed by atoms with van der Waals surface area (Å²) in [5, 5.41) is 13.0. The van der Waals surface area contributed by atoms with Gasteiger partial charge in [-0.2, -0.15) is 11.8 Å². The van der Waals surface area contributed by atoms with Crippen LogP contribution in [0.15, 0.2) is 0 Å². The summed E-state index contributed by atoms with van der Waals surface area (Å²) in [6.07, 6.45) is 2.29. The van der Waals surface area contributed by atoms with E-state index in [1.807, 2.05) is 13.2 Å². The lowest BCUT2D eigenvalue weighted by Gasteiger charge is -2.24. The van der Waals surface area contributed by atoms with Crippen molar-refractivity contribution in [3.63, 3.8) is 0 Å². The predicted octanol–water partition coefficient (Wildman–Crippen LogP) is 1.03. The minimum atomic E-state index is -0.734. The Hall–Kier alpha value is -0.260. The molecule has 2 N–H and O–H groups in total. The molecule has 0 rings (SSSR count). The number of hydrogen-bond acceptors (Lipinski definition) is 5. The highest BCUT2D eigenvalue weighted by Crippen LogP contribution is 2.09. The molecule has 5 heteroatoms. The van der Waals surface area contributed by atoms with E-state index in [4.69, 9.17) is 4.74 Å². The van der Waals surface area contributed by atoms with Crippen LogP contribution < -0.4 is 5.32 Å². The molecule has 0 aliphatic heterocycles. The first-order valence-electron chi connectivity index (χ1n) is 5.51. The van der Waals surface area contributed by atoms with Crippen molar-refractivity contribution in [1.82, 2.24) is 5.32 Å². The molecule has 0 saturated heterocycles. The van der Waals surface area contributed by atoms with Crippen LogP contribution in [0.4, 0.5) is 0 Å². The van der Waals surface area contributed by atoms with Crippen molar-refractivity contribution in [2.75, 3.05) is 25.2 Å². The first-order valence-corrected chi connectivity index (χ1v) is 6.91. The first-order chi connectivity index (χ1) is 7.41. The van der Waals surface area contributed by atoms with E-state index in [0.717, 1.165) is 0 Å². The van der Waals surface area contributed by atoms with Gasteiger partial charge in [-0.05, 0) is 27.0 Å². The second-order valence-corrected chi connectivity index (χ2v) is 5.09. The molecule has 0 aliphatic carbocycles. The molecule has 4 nitrogen and oxygen atoms in total. The fourth-order valence-corrected chi connectivity index (χ4v) is 2.02. The van der Waals surface area contributed by atoms with Crippen LogP contribution >= 0.6 is 11.8 Å². The van der Waals surface area contributed by atoms with Gasteiger partial charge in [0.05, 0.1) is 18.6 Å². The topological polar surface area (TPSA) is 58.6 Å². The van der Waals surface area contributed by atoms with E-state index in [1.165, 1.54) is 0 Å². The number of nitrogens with one attached hydrogen (secondary N) is 1. The fraction of sp³-hybridized carbons (Fsp3) is 0.909. The molecule has 2 unspecified atom stereocenters. The average molecular weight is 249 g/mol. The lowest BCUT2D eigenvalue weighted by Crippen LogP contribution is -2.44. The molecule has 0 amide bonds. The summed E-state index contributed by atoms with van der Waals surface area (Å²) in [5.41, 5.74) is -0.734. The van der Waals surface area contributed by atoms with Crippen LogP contribution in [0.2, 0.25) is 0 Å². The first kappa shape index (κ1) is 15.7. The number of carbonyl (C=O) groups excluding carboxylic acids is 1. The van der Waals surface area contributed by atoms with Crippen LogP contribution in [0.25, 0.3) is 0 Å². The van der Waals surface area contributed by atoms with Gasteiger partial charge in [0.25, 0.3) is 0 Å². The van der Waals surface area contributed by atoms with E-state index in [9.17, 15) is 9.90 Å². The average Bonchev–Trinajstić information content (AvgIpc) is 2.15. The van der Waals surface area contributed by atoms with Crippen molar-refractivity contribution >= 4 is 17.7 Å². The number of carbonyl (C=O) groups is 1. The van der Waals surface area contributed by atoms with Gasteiger partial charge >= 0.3 is 5.97 Å². The lowest BCUT2D eigenvalue weighted by atomic mass is 10.1. The van der Waals surface area contributed by atoms with Crippen molar-refractivity contribution in [3.05, 3.63) is 0 Å². The number of aliphatic hydroxyl groups is 1. The van der Waals surface area contributed by atoms with Crippen molar-refractivity contribution in [3.8, 4) is 0 Å². The Morgan fingerprint density at radius 1 is 1.62 bits per heavy atom. The number of esters is 1. The Bertz CT molecular complexity index is 209. The quantitative estimate of drug-likeness (QED) is 0.629. The SMILES string of the molecule is CCOC(=O)CC(C)NCC(C)(O)CSC. The van der Waals surface area contributed by atoms with Crippen LogP contribution in [0, 0.1) is 0 Å². The van der Waals surface area contributed by atoms with Gasteiger partial charge in [-0.25, -0.2) is 0 Å². The highest BCUT2D eigenvalue weighted by Gasteiger charge is 2.20. The summed E-state index contributed by atoms with van der Waals surface area (Å²) < 4.78 is 4.85. The molecule has 0 fully saturated rings. The van der Waals surface area contributed by atoms with Gasteiger partial charge in [-0.15, -0.1) is 0 Å². The molecule has 0 bridgehead atoms. The molecule has 0 aliphatic rings. The molecule has 16 heavy (non-hydrogen) atoms. The summed E-state index contributed by atoms with van der Waals surface area (Å²) in [4.78, 5) is 11.2. The Labute approximate surface area is 102 Å². The largest absolute Gasteiger partial charge is 0.466 e. The highest BCUT2D eigenvalue weighted by molar-refractivity contribution is 7.98. The Morgan fingerprint density at radius 2 is 2.25 bits per heavy atom. The van der Waals surface area contributed by atoms with E-state index in [-0.39, 0.29) is 12.0 Å². The molecular weight excluding hydrogens is 226 g/mol. The minimum Gasteiger partial charge on any atom is -0.466 e. The number of rotatable bonds is 8. The summed E-state index contributed by atoms with van der Waals surface area (Å²) in [7, 11) is 0. The second-order valence-electron chi connectivity index (χ2n) is 4.22. The number of ether oxygens (including phenoxy) is 1. The van der Waals surface area contributed by atoms with Gasteiger partial charge in [0.1, 0.15) is 0 Å². The van der Waals surface area contributed by atoms with E-state index < -0.39 is 5.60 Å². The fourth-order valence-electron chi connectivity index (χ4n) is 1.30. The molecular formula is C11H23NO3S. The summed E-state index contributed by atoms with van der Waals surface area (Å²) in [5.74, 6) is 0.471. The molecule has 0 aromatic heterocycles. The summed E-state index contributed by atoms with van der Waals surface area (Å²) in [6, 6.07) is 0.0207. The third kappa shape index (κ3) is 7.96. The van der Waals surface area contributed by atoms with Gasteiger partial charge in [0.2, 0.25) is 0 Å². The van der Waals surface area contributed by atoms with Crippen LogP contribution in [0.3, 0.4) is 0 Å². The van der Waals surface area contributed by atoms with E-state index in [0.29, 0.717) is 25.3 Å². The molecule has 96 valence electrons. The molecule has 0 spiro atoms. The van der Waals surface area contributed by atoms with Crippen molar-refractivity contribution < 1.29 is 14.6 Å².